The Morgan fingerprint density at radius 1 is 1.31 bits per heavy atom. The Morgan fingerprint density at radius 2 is 2.07 bits per heavy atom. The van der Waals surface area contributed by atoms with Crippen molar-refractivity contribution in [2.45, 2.75) is 6.92 Å². The Bertz CT molecular complexity index is 1390. The van der Waals surface area contributed by atoms with Gasteiger partial charge >= 0.3 is 16.4 Å². The zero-order chi connectivity index (χ0) is 20.9. The smallest absolute Gasteiger partial charge is 0.446 e. The van der Waals surface area contributed by atoms with Gasteiger partial charge in [0.1, 0.15) is 17.5 Å². The number of rotatable bonds is 5. The monoisotopic (exact) mass is 422 g/mol. The molecule has 0 saturated carbocycles. The molecule has 3 N–H and O–H groups in total. The Balaban J connectivity index is 1.80. The second kappa shape index (κ2) is 6.42. The predicted octanol–water partition coefficient (Wildman–Crippen LogP) is 2.33. The van der Waals surface area contributed by atoms with Gasteiger partial charge in [0.25, 0.3) is 0 Å². The number of nitrogens with zero attached hydrogens (tertiary/aromatic N) is 3. The van der Waals surface area contributed by atoms with E-state index in [2.05, 4.69) is 19.2 Å². The number of aromatic nitrogens is 4. The predicted molar refractivity (Wildman–Crippen MR) is 95.2 cm³/mol. The molecule has 3 aromatic heterocycles. The van der Waals surface area contributed by atoms with Crippen molar-refractivity contribution in [2.24, 2.45) is 0 Å². The lowest BCUT2D eigenvalue weighted by Crippen LogP contribution is -2.06. The number of H-pyrrole nitrogens is 1. The number of carboxylic acid groups (broad SMARTS) is 1. The topological polar surface area (TPSA) is 156 Å². The van der Waals surface area contributed by atoms with E-state index in [0.717, 1.165) is 12.4 Å². The van der Waals surface area contributed by atoms with Crippen LogP contribution in [0.2, 0.25) is 0 Å². The lowest BCUT2D eigenvalue weighted by molar-refractivity contribution is 0.0691. The van der Waals surface area contributed by atoms with Gasteiger partial charge in [-0.3, -0.25) is 4.55 Å². The average molecular weight is 422 g/mol. The fourth-order valence-electron chi connectivity index (χ4n) is 2.82. The van der Waals surface area contributed by atoms with Crippen molar-refractivity contribution in [2.75, 3.05) is 0 Å². The second-order valence-corrected chi connectivity index (χ2v) is 6.94. The molecule has 0 saturated heterocycles. The zero-order valence-electron chi connectivity index (χ0n) is 14.5. The third-order valence-corrected chi connectivity index (χ3v) is 4.47. The summed E-state index contributed by atoms with van der Waals surface area (Å²) in [6.07, 6.45) is 2.27. The van der Waals surface area contributed by atoms with Crippen LogP contribution in [-0.4, -0.2) is 43.6 Å². The standard InChI is InChI=1S/C16H11FN4O7S/c1-7-12(28-29(24,25)26)5-21-14(7)15(18-6-19-21)27-11-3-2-9-8(13(11)17)4-10(20-9)16(22)23/h2-6,20H,1H3,(H,22,23)(H,24,25,26). The highest BCUT2D eigenvalue weighted by Gasteiger charge is 2.21. The SMILES string of the molecule is Cc1c(OS(=O)(=O)O)cn2ncnc(Oc3ccc4[nH]c(C(=O)O)cc4c3F)c12. The average Bonchev–Trinajstić information content (AvgIpc) is 3.19. The molecule has 0 atom stereocenters. The first-order valence-electron chi connectivity index (χ1n) is 7.86. The lowest BCUT2D eigenvalue weighted by atomic mass is 10.2. The minimum Gasteiger partial charge on any atom is -0.477 e. The molecule has 0 radical (unpaired) electrons. The highest BCUT2D eigenvalue weighted by molar-refractivity contribution is 7.81. The van der Waals surface area contributed by atoms with Crippen LogP contribution in [0.1, 0.15) is 16.1 Å². The Kier molecular flexibility index (Phi) is 4.13. The van der Waals surface area contributed by atoms with Crippen LogP contribution in [0, 0.1) is 12.7 Å². The molecule has 0 aliphatic heterocycles. The van der Waals surface area contributed by atoms with Gasteiger partial charge in [0, 0.05) is 16.5 Å². The van der Waals surface area contributed by atoms with Gasteiger partial charge < -0.3 is 19.0 Å². The molecule has 0 amide bonds. The number of ether oxygens (including phenoxy) is 1. The van der Waals surface area contributed by atoms with Crippen LogP contribution >= 0.6 is 0 Å². The molecule has 1 aromatic carbocycles. The summed E-state index contributed by atoms with van der Waals surface area (Å²) < 4.78 is 56.9. The van der Waals surface area contributed by atoms with Gasteiger partial charge in [0.15, 0.2) is 17.3 Å². The van der Waals surface area contributed by atoms with E-state index in [-0.39, 0.29) is 45.1 Å². The normalized spacial score (nSPS) is 11.8. The van der Waals surface area contributed by atoms with Crippen molar-refractivity contribution in [3.05, 3.63) is 47.8 Å². The molecular weight excluding hydrogens is 411 g/mol. The quantitative estimate of drug-likeness (QED) is 0.411. The molecule has 13 heteroatoms. The molecule has 0 spiro atoms. The Morgan fingerprint density at radius 3 is 2.76 bits per heavy atom. The molecule has 0 aliphatic carbocycles. The number of hydrogen-bond acceptors (Lipinski definition) is 7. The molecule has 0 bridgehead atoms. The van der Waals surface area contributed by atoms with Gasteiger partial charge in [-0.2, -0.15) is 18.5 Å². The first-order chi connectivity index (χ1) is 13.6. The fourth-order valence-corrected chi connectivity index (χ4v) is 3.22. The van der Waals surface area contributed by atoms with Gasteiger partial charge in [-0.15, -0.1) is 0 Å². The minimum atomic E-state index is -4.77. The van der Waals surface area contributed by atoms with Crippen LogP contribution in [0.5, 0.6) is 17.4 Å². The van der Waals surface area contributed by atoms with Crippen molar-refractivity contribution >= 4 is 32.8 Å². The molecular formula is C16H11FN4O7S. The van der Waals surface area contributed by atoms with Crippen LogP contribution in [0.15, 0.2) is 30.7 Å². The maximum Gasteiger partial charge on any atom is 0.446 e. The van der Waals surface area contributed by atoms with E-state index in [1.807, 2.05) is 0 Å². The van der Waals surface area contributed by atoms with Gasteiger partial charge in [-0.05, 0) is 25.1 Å². The molecule has 11 nitrogen and oxygen atoms in total. The number of fused-ring (bicyclic) bond motifs is 2. The van der Waals surface area contributed by atoms with Crippen molar-refractivity contribution in [1.82, 2.24) is 19.6 Å². The molecule has 29 heavy (non-hydrogen) atoms. The summed E-state index contributed by atoms with van der Waals surface area (Å²) in [5, 5.41) is 12.9. The summed E-state index contributed by atoms with van der Waals surface area (Å²) in [5.74, 6) is -2.63. The van der Waals surface area contributed by atoms with Crippen LogP contribution in [-0.2, 0) is 10.4 Å². The maximum absolute atomic E-state index is 14.8. The summed E-state index contributed by atoms with van der Waals surface area (Å²) in [4.78, 5) is 17.6. The summed E-state index contributed by atoms with van der Waals surface area (Å²) in [5.41, 5.74) is 0.471. The van der Waals surface area contributed by atoms with Gasteiger partial charge in [0.05, 0.1) is 6.20 Å². The second-order valence-electron chi connectivity index (χ2n) is 5.92. The van der Waals surface area contributed by atoms with Gasteiger partial charge in [-0.1, -0.05) is 0 Å². The number of carboxylic acids is 1. The highest BCUT2D eigenvalue weighted by Crippen LogP contribution is 2.35. The van der Waals surface area contributed by atoms with Crippen LogP contribution in [0.4, 0.5) is 4.39 Å². The van der Waals surface area contributed by atoms with Crippen LogP contribution < -0.4 is 8.92 Å². The molecule has 0 aliphatic rings. The zero-order valence-corrected chi connectivity index (χ0v) is 15.3. The highest BCUT2D eigenvalue weighted by atomic mass is 32.3. The molecule has 4 rings (SSSR count). The number of aromatic amines is 1. The van der Waals surface area contributed by atoms with Crippen molar-refractivity contribution in [3.8, 4) is 17.4 Å². The third kappa shape index (κ3) is 3.32. The summed E-state index contributed by atoms with van der Waals surface area (Å²) in [6, 6.07) is 3.86. The molecule has 3 heterocycles. The summed E-state index contributed by atoms with van der Waals surface area (Å²) >= 11 is 0. The summed E-state index contributed by atoms with van der Waals surface area (Å²) in [7, 11) is -4.77. The number of benzene rings is 1. The summed E-state index contributed by atoms with van der Waals surface area (Å²) in [6.45, 7) is 1.47. The number of aryl methyl sites for hydroxylation is 1. The molecule has 4 aromatic rings. The number of hydrogen-bond donors (Lipinski definition) is 3. The largest absolute Gasteiger partial charge is 0.477 e. The Labute approximate surface area is 161 Å². The van der Waals surface area contributed by atoms with E-state index in [9.17, 15) is 17.6 Å². The van der Waals surface area contributed by atoms with Crippen molar-refractivity contribution < 1.29 is 36.2 Å². The van der Waals surface area contributed by atoms with Gasteiger partial charge in [-0.25, -0.2) is 13.7 Å². The first kappa shape index (κ1) is 18.6. The van der Waals surface area contributed by atoms with Crippen LogP contribution in [0.25, 0.3) is 16.4 Å². The maximum atomic E-state index is 14.8. The van der Waals surface area contributed by atoms with E-state index < -0.39 is 22.2 Å². The number of carbonyl (C=O) groups is 1. The van der Waals surface area contributed by atoms with E-state index in [0.29, 0.717) is 0 Å². The van der Waals surface area contributed by atoms with E-state index in [1.165, 1.54) is 29.8 Å². The molecule has 0 unspecified atom stereocenters. The van der Waals surface area contributed by atoms with Crippen LogP contribution in [0.3, 0.4) is 0 Å². The third-order valence-electron chi connectivity index (χ3n) is 4.08. The lowest BCUT2D eigenvalue weighted by Gasteiger charge is -2.08. The molecule has 150 valence electrons. The van der Waals surface area contributed by atoms with Crippen molar-refractivity contribution in [1.29, 1.82) is 0 Å². The fraction of sp³-hybridized carbons (Fsp3) is 0.0625. The van der Waals surface area contributed by atoms with E-state index in [1.54, 1.807) is 0 Å². The van der Waals surface area contributed by atoms with E-state index >= 15 is 0 Å². The first-order valence-corrected chi connectivity index (χ1v) is 9.23. The molecule has 0 fully saturated rings. The van der Waals surface area contributed by atoms with Crippen molar-refractivity contribution in [3.63, 3.8) is 0 Å². The number of halogens is 1. The number of nitrogens with one attached hydrogen (secondary N) is 1. The van der Waals surface area contributed by atoms with E-state index in [4.69, 9.17) is 14.4 Å². The minimum absolute atomic E-state index is 0.00692. The Hall–Kier alpha value is -3.71. The van der Waals surface area contributed by atoms with Gasteiger partial charge in [0.2, 0.25) is 5.88 Å². The number of aromatic carboxylic acids is 1.